The highest BCUT2D eigenvalue weighted by molar-refractivity contribution is 5.92. The molecule has 0 radical (unpaired) electrons. The van der Waals surface area contributed by atoms with Crippen LogP contribution in [0.3, 0.4) is 0 Å². The van der Waals surface area contributed by atoms with Gasteiger partial charge < -0.3 is 20.2 Å². The Balaban J connectivity index is 1.69. The van der Waals surface area contributed by atoms with Gasteiger partial charge in [0.05, 0.1) is 11.0 Å². The Bertz CT molecular complexity index is 1760. The van der Waals surface area contributed by atoms with Gasteiger partial charge in [-0.2, -0.15) is 5.26 Å². The third-order valence-electron chi connectivity index (χ3n) is 7.76. The largest absolute Gasteiger partial charge is 0.384 e. The van der Waals surface area contributed by atoms with Crippen LogP contribution in [0, 0.1) is 23.2 Å². The summed E-state index contributed by atoms with van der Waals surface area (Å²) in [5.41, 5.74) is 3.65. The smallest absolute Gasteiger partial charge is 0.121 e. The monoisotopic (exact) mass is 569 g/mol. The van der Waals surface area contributed by atoms with E-state index in [9.17, 15) is 14.9 Å². The fourth-order valence-electron chi connectivity index (χ4n) is 5.64. The number of allylic oxidation sites excluding steroid dienone is 2. The van der Waals surface area contributed by atoms with E-state index in [0.29, 0.717) is 37.9 Å². The van der Waals surface area contributed by atoms with Crippen molar-refractivity contribution >= 4 is 45.5 Å². The SMILES string of the molecule is CC(C)(C#C/C(C#N)=C/CC(C)(C)c1c(NCCC=O)ccc2ccccc12)c1c(NCCC=O)ccc2ccccc12. The Kier molecular flexibility index (Phi) is 10.0. The van der Waals surface area contributed by atoms with Crippen molar-refractivity contribution in [2.75, 3.05) is 23.7 Å². The zero-order valence-corrected chi connectivity index (χ0v) is 25.5. The summed E-state index contributed by atoms with van der Waals surface area (Å²) in [6.07, 6.45) is 5.22. The fourth-order valence-corrected chi connectivity index (χ4v) is 5.64. The second kappa shape index (κ2) is 13.9. The van der Waals surface area contributed by atoms with Crippen molar-refractivity contribution in [3.8, 4) is 17.9 Å². The summed E-state index contributed by atoms with van der Waals surface area (Å²) in [4.78, 5) is 21.9. The summed E-state index contributed by atoms with van der Waals surface area (Å²) < 4.78 is 0. The minimum atomic E-state index is -0.582. The van der Waals surface area contributed by atoms with E-state index < -0.39 is 5.41 Å². The molecule has 0 unspecified atom stereocenters. The third-order valence-corrected chi connectivity index (χ3v) is 7.76. The Morgan fingerprint density at radius 3 is 1.79 bits per heavy atom. The zero-order valence-electron chi connectivity index (χ0n) is 25.5. The van der Waals surface area contributed by atoms with Crippen LogP contribution in [0.4, 0.5) is 11.4 Å². The molecule has 0 aliphatic heterocycles. The lowest BCUT2D eigenvalue weighted by atomic mass is 9.77. The number of fused-ring (bicyclic) bond motifs is 2. The highest BCUT2D eigenvalue weighted by Gasteiger charge is 2.26. The second-order valence-electron chi connectivity index (χ2n) is 11.9. The highest BCUT2D eigenvalue weighted by atomic mass is 16.1. The molecule has 0 bridgehead atoms. The van der Waals surface area contributed by atoms with Crippen LogP contribution >= 0.6 is 0 Å². The lowest BCUT2D eigenvalue weighted by molar-refractivity contribution is -0.108. The molecule has 0 spiro atoms. The number of benzene rings is 4. The molecule has 0 saturated carbocycles. The van der Waals surface area contributed by atoms with Gasteiger partial charge in [-0.1, -0.05) is 92.4 Å². The third kappa shape index (κ3) is 7.32. The molecule has 43 heavy (non-hydrogen) atoms. The van der Waals surface area contributed by atoms with E-state index in [1.807, 2.05) is 36.4 Å². The van der Waals surface area contributed by atoms with E-state index in [4.69, 9.17) is 0 Å². The number of anilines is 2. The summed E-state index contributed by atoms with van der Waals surface area (Å²) in [7, 11) is 0. The number of nitrogens with zero attached hydrogens (tertiary/aromatic N) is 1. The van der Waals surface area contributed by atoms with Crippen molar-refractivity contribution in [2.24, 2.45) is 0 Å². The van der Waals surface area contributed by atoms with Crippen LogP contribution in [0.2, 0.25) is 0 Å². The Morgan fingerprint density at radius 1 is 0.744 bits per heavy atom. The molecular weight excluding hydrogens is 530 g/mol. The highest BCUT2D eigenvalue weighted by Crippen LogP contribution is 2.40. The molecule has 0 atom stereocenters. The van der Waals surface area contributed by atoms with Crippen LogP contribution in [0.5, 0.6) is 0 Å². The van der Waals surface area contributed by atoms with Crippen molar-refractivity contribution in [1.29, 1.82) is 5.26 Å². The number of aldehydes is 2. The summed E-state index contributed by atoms with van der Waals surface area (Å²) in [5.74, 6) is 6.60. The maximum Gasteiger partial charge on any atom is 0.121 e. The van der Waals surface area contributed by atoms with Gasteiger partial charge in [0.1, 0.15) is 18.6 Å². The molecule has 0 saturated heterocycles. The first-order valence-corrected chi connectivity index (χ1v) is 14.7. The van der Waals surface area contributed by atoms with Crippen LogP contribution in [0.1, 0.15) is 58.1 Å². The molecule has 0 aliphatic carbocycles. The first-order valence-electron chi connectivity index (χ1n) is 14.7. The number of nitriles is 1. The number of hydrogen-bond donors (Lipinski definition) is 2. The van der Waals surface area contributed by atoms with Gasteiger partial charge in [-0.25, -0.2) is 0 Å². The van der Waals surface area contributed by atoms with Gasteiger partial charge in [0.2, 0.25) is 0 Å². The molecule has 4 aromatic carbocycles. The van der Waals surface area contributed by atoms with E-state index >= 15 is 0 Å². The lowest BCUT2D eigenvalue weighted by Crippen LogP contribution is -2.20. The predicted molar refractivity (Wildman–Crippen MR) is 178 cm³/mol. The van der Waals surface area contributed by atoms with Gasteiger partial charge >= 0.3 is 0 Å². The Hall–Kier alpha value is -4.87. The molecular formula is C38H39N3O2. The molecule has 4 rings (SSSR count). The summed E-state index contributed by atoms with van der Waals surface area (Å²) in [5, 5.41) is 21.4. The first-order chi connectivity index (χ1) is 20.7. The Labute approximate surface area is 255 Å². The maximum absolute atomic E-state index is 11.0. The van der Waals surface area contributed by atoms with Gasteiger partial charge in [0.25, 0.3) is 0 Å². The molecule has 2 N–H and O–H groups in total. The van der Waals surface area contributed by atoms with Crippen LogP contribution in [0.25, 0.3) is 21.5 Å². The first kappa shape index (κ1) is 31.1. The van der Waals surface area contributed by atoms with Gasteiger partial charge in [0.15, 0.2) is 0 Å². The van der Waals surface area contributed by atoms with Crippen molar-refractivity contribution in [3.63, 3.8) is 0 Å². The number of carbonyl (C=O) groups is 2. The number of carbonyl (C=O) groups excluding carboxylic acids is 2. The number of rotatable bonds is 12. The fraction of sp³-hybridized carbons (Fsp3) is 0.289. The molecule has 5 nitrogen and oxygen atoms in total. The molecule has 0 fully saturated rings. The van der Waals surface area contributed by atoms with Crippen LogP contribution in [0.15, 0.2) is 84.4 Å². The average Bonchev–Trinajstić information content (AvgIpc) is 3.00. The van der Waals surface area contributed by atoms with Crippen LogP contribution in [-0.2, 0) is 20.4 Å². The number of nitrogens with one attached hydrogen (secondary N) is 2. The normalized spacial score (nSPS) is 11.8. The van der Waals surface area contributed by atoms with Gasteiger partial charge in [-0.05, 0) is 64.9 Å². The molecule has 0 amide bonds. The van der Waals surface area contributed by atoms with Gasteiger partial charge in [-0.15, -0.1) is 0 Å². The van der Waals surface area contributed by atoms with Crippen LogP contribution in [-0.4, -0.2) is 25.7 Å². The van der Waals surface area contributed by atoms with Gasteiger partial charge in [-0.3, -0.25) is 0 Å². The van der Waals surface area contributed by atoms with Crippen molar-refractivity contribution in [1.82, 2.24) is 0 Å². The molecule has 0 aromatic heterocycles. The Morgan fingerprint density at radius 2 is 1.26 bits per heavy atom. The van der Waals surface area contributed by atoms with Crippen molar-refractivity contribution in [3.05, 3.63) is 95.6 Å². The van der Waals surface area contributed by atoms with E-state index in [-0.39, 0.29) is 5.41 Å². The molecule has 0 aliphatic rings. The minimum absolute atomic E-state index is 0.324. The predicted octanol–water partition coefficient (Wildman–Crippen LogP) is 8.09. The standard InChI is InChI=1S/C38H39N3O2/c1-37(2,35-31-13-7-5-11-29(31)15-17-33(35)40-23-9-25-42)21-19-28(27-39)20-22-38(3,4)36-32-14-8-6-12-30(32)16-18-34(36)41-24-10-26-43/h5-8,11-19,25-26,40-41H,9-10,21,23-24H2,1-4H3/b28-19-. The minimum Gasteiger partial charge on any atom is -0.384 e. The lowest BCUT2D eigenvalue weighted by Gasteiger charge is -2.29. The van der Waals surface area contributed by atoms with E-state index in [0.717, 1.165) is 56.6 Å². The van der Waals surface area contributed by atoms with E-state index in [1.165, 1.54) is 0 Å². The quantitative estimate of drug-likeness (QED) is 0.0780. The summed E-state index contributed by atoms with van der Waals surface area (Å²) in [6.45, 7) is 9.59. The summed E-state index contributed by atoms with van der Waals surface area (Å²) in [6, 6.07) is 27.1. The molecule has 218 valence electrons. The summed E-state index contributed by atoms with van der Waals surface area (Å²) >= 11 is 0. The van der Waals surface area contributed by atoms with E-state index in [2.05, 4.69) is 98.7 Å². The second-order valence-corrected chi connectivity index (χ2v) is 11.9. The van der Waals surface area contributed by atoms with Crippen LogP contribution < -0.4 is 10.6 Å². The molecule has 4 aromatic rings. The topological polar surface area (TPSA) is 82.0 Å². The molecule has 0 heterocycles. The average molecular weight is 570 g/mol. The number of hydrogen-bond acceptors (Lipinski definition) is 5. The zero-order chi connectivity index (χ0) is 30.9. The van der Waals surface area contributed by atoms with Crippen molar-refractivity contribution in [2.45, 2.75) is 57.8 Å². The van der Waals surface area contributed by atoms with Gasteiger partial charge in [0, 0.05) is 42.9 Å². The maximum atomic E-state index is 11.0. The molecule has 5 heteroatoms. The van der Waals surface area contributed by atoms with Crippen molar-refractivity contribution < 1.29 is 9.59 Å². The van der Waals surface area contributed by atoms with E-state index in [1.54, 1.807) is 0 Å².